The smallest absolute Gasteiger partial charge is 0.226 e. The van der Waals surface area contributed by atoms with Gasteiger partial charge in [0.25, 0.3) is 0 Å². The first-order valence-electron chi connectivity index (χ1n) is 8.75. The molecule has 1 N–H and O–H groups in total. The fourth-order valence-electron chi connectivity index (χ4n) is 2.81. The molecule has 6 heteroatoms. The second-order valence-electron chi connectivity index (χ2n) is 6.39. The van der Waals surface area contributed by atoms with E-state index >= 15 is 0 Å². The third kappa shape index (κ3) is 5.46. The molecule has 3 rings (SSSR count). The second-order valence-corrected chi connectivity index (χ2v) is 7.56. The van der Waals surface area contributed by atoms with Gasteiger partial charge in [0.1, 0.15) is 18.0 Å². The number of carbonyl (C=O) groups excluding carboxylic acids is 1. The Morgan fingerprint density at radius 3 is 2.76 bits per heavy atom. The van der Waals surface area contributed by atoms with Crippen molar-refractivity contribution in [3.8, 4) is 0 Å². The highest BCUT2D eigenvalue weighted by molar-refractivity contribution is 7.99. The van der Waals surface area contributed by atoms with Crippen LogP contribution in [0.5, 0.6) is 0 Å². The summed E-state index contributed by atoms with van der Waals surface area (Å²) in [6, 6.07) is 12.0. The third-order valence-corrected chi connectivity index (χ3v) is 5.38. The average molecular weight is 356 g/mol. The van der Waals surface area contributed by atoms with E-state index in [4.69, 9.17) is 0 Å². The van der Waals surface area contributed by atoms with Crippen molar-refractivity contribution in [2.24, 2.45) is 5.92 Å². The Kier molecular flexibility index (Phi) is 6.28. The normalized spacial score (nSPS) is 15.2. The molecule has 0 atom stereocenters. The summed E-state index contributed by atoms with van der Waals surface area (Å²) in [6.07, 6.45) is 4.35. The Morgan fingerprint density at radius 1 is 1.24 bits per heavy atom. The van der Waals surface area contributed by atoms with Crippen LogP contribution in [0.15, 0.2) is 47.6 Å². The fraction of sp³-hybridized carbons (Fsp3) is 0.421. The van der Waals surface area contributed by atoms with Gasteiger partial charge in [-0.2, -0.15) is 0 Å². The van der Waals surface area contributed by atoms with Gasteiger partial charge in [-0.25, -0.2) is 9.97 Å². The zero-order valence-electron chi connectivity index (χ0n) is 14.5. The lowest BCUT2D eigenvalue weighted by Gasteiger charge is -2.31. The van der Waals surface area contributed by atoms with E-state index in [1.165, 1.54) is 24.1 Å². The maximum Gasteiger partial charge on any atom is 0.226 e. The molecule has 132 valence electrons. The van der Waals surface area contributed by atoms with Crippen LogP contribution in [-0.2, 0) is 4.79 Å². The van der Waals surface area contributed by atoms with Gasteiger partial charge >= 0.3 is 0 Å². The summed E-state index contributed by atoms with van der Waals surface area (Å²) in [6.45, 7) is 4.31. The zero-order chi connectivity index (χ0) is 17.5. The highest BCUT2D eigenvalue weighted by atomic mass is 32.2. The summed E-state index contributed by atoms with van der Waals surface area (Å²) < 4.78 is 0. The molecule has 1 aliphatic heterocycles. The van der Waals surface area contributed by atoms with Crippen LogP contribution in [0, 0.1) is 5.92 Å². The van der Waals surface area contributed by atoms with Crippen LogP contribution >= 0.6 is 11.8 Å². The molecule has 0 saturated carbocycles. The first-order valence-corrected chi connectivity index (χ1v) is 9.74. The molecule has 1 saturated heterocycles. The molecule has 1 aromatic carbocycles. The van der Waals surface area contributed by atoms with Gasteiger partial charge in [-0.15, -0.1) is 11.8 Å². The van der Waals surface area contributed by atoms with Gasteiger partial charge in [0.05, 0.1) is 0 Å². The number of nitrogens with one attached hydrogen (secondary N) is 1. The minimum atomic E-state index is -0.0136. The van der Waals surface area contributed by atoms with Crippen molar-refractivity contribution in [1.29, 1.82) is 0 Å². The van der Waals surface area contributed by atoms with Crippen molar-refractivity contribution in [3.05, 3.63) is 42.7 Å². The van der Waals surface area contributed by atoms with Crippen LogP contribution in [0.2, 0.25) is 0 Å². The van der Waals surface area contributed by atoms with Crippen molar-refractivity contribution >= 4 is 29.3 Å². The Bertz CT molecular complexity index is 687. The monoisotopic (exact) mass is 356 g/mol. The molecule has 0 aliphatic carbocycles. The van der Waals surface area contributed by atoms with Gasteiger partial charge in [-0.05, 0) is 30.9 Å². The van der Waals surface area contributed by atoms with Crippen molar-refractivity contribution in [2.75, 3.05) is 29.1 Å². The lowest BCUT2D eigenvalue weighted by atomic mass is 9.99. The van der Waals surface area contributed by atoms with E-state index in [1.807, 2.05) is 24.3 Å². The van der Waals surface area contributed by atoms with Crippen LogP contribution < -0.4 is 10.2 Å². The van der Waals surface area contributed by atoms with Crippen molar-refractivity contribution < 1.29 is 4.79 Å². The van der Waals surface area contributed by atoms with E-state index < -0.39 is 0 Å². The minimum Gasteiger partial charge on any atom is -0.356 e. The van der Waals surface area contributed by atoms with Crippen molar-refractivity contribution in [2.45, 2.75) is 31.1 Å². The summed E-state index contributed by atoms with van der Waals surface area (Å²) >= 11 is 1.68. The Labute approximate surface area is 153 Å². The van der Waals surface area contributed by atoms with Gasteiger partial charge in [-0.1, -0.05) is 25.1 Å². The average Bonchev–Trinajstić information content (AvgIpc) is 2.63. The molecule has 0 bridgehead atoms. The van der Waals surface area contributed by atoms with Crippen LogP contribution in [0.4, 0.5) is 11.6 Å². The highest BCUT2D eigenvalue weighted by Crippen LogP contribution is 2.22. The lowest BCUT2D eigenvalue weighted by molar-refractivity contribution is -0.115. The standard InChI is InChI=1S/C19H24N4OS/c1-15-7-10-23(11-8-15)18-13-17(20-14-21-18)22-19(24)9-12-25-16-5-3-2-4-6-16/h2-6,13-15H,7-12H2,1H3,(H,20,21,22,24). The Morgan fingerprint density at radius 2 is 2.00 bits per heavy atom. The molecule has 1 aliphatic rings. The van der Waals surface area contributed by atoms with E-state index in [-0.39, 0.29) is 5.91 Å². The topological polar surface area (TPSA) is 58.1 Å². The van der Waals surface area contributed by atoms with Crippen molar-refractivity contribution in [1.82, 2.24) is 9.97 Å². The largest absolute Gasteiger partial charge is 0.356 e. The van der Waals surface area contributed by atoms with Gasteiger partial charge in [0.2, 0.25) is 5.91 Å². The highest BCUT2D eigenvalue weighted by Gasteiger charge is 2.17. The van der Waals surface area contributed by atoms with Gasteiger partial charge in [-0.3, -0.25) is 4.79 Å². The quantitative estimate of drug-likeness (QED) is 0.797. The fourth-order valence-corrected chi connectivity index (χ4v) is 3.68. The molecule has 0 unspecified atom stereocenters. The number of nitrogens with zero attached hydrogens (tertiary/aromatic N) is 3. The van der Waals surface area contributed by atoms with E-state index in [9.17, 15) is 4.79 Å². The SMILES string of the molecule is CC1CCN(c2cc(NC(=O)CCSc3ccccc3)ncn2)CC1. The number of anilines is 2. The number of piperidine rings is 1. The molecule has 1 fully saturated rings. The third-order valence-electron chi connectivity index (χ3n) is 4.37. The van der Waals surface area contributed by atoms with E-state index in [0.29, 0.717) is 12.2 Å². The number of hydrogen-bond acceptors (Lipinski definition) is 5. The first-order chi connectivity index (χ1) is 12.2. The molecule has 2 heterocycles. The van der Waals surface area contributed by atoms with Crippen LogP contribution in [0.25, 0.3) is 0 Å². The number of aromatic nitrogens is 2. The summed E-state index contributed by atoms with van der Waals surface area (Å²) in [5.41, 5.74) is 0. The lowest BCUT2D eigenvalue weighted by Crippen LogP contribution is -2.33. The van der Waals surface area contributed by atoms with E-state index in [1.54, 1.807) is 11.8 Å². The molecule has 2 aromatic rings. The molecule has 0 radical (unpaired) electrons. The number of carbonyl (C=O) groups is 1. The minimum absolute atomic E-state index is 0.0136. The maximum absolute atomic E-state index is 12.1. The van der Waals surface area contributed by atoms with Gasteiger partial charge < -0.3 is 10.2 Å². The van der Waals surface area contributed by atoms with Gasteiger partial charge in [0.15, 0.2) is 0 Å². The zero-order valence-corrected chi connectivity index (χ0v) is 15.3. The molecule has 25 heavy (non-hydrogen) atoms. The number of thioether (sulfide) groups is 1. The first kappa shape index (κ1) is 17.7. The van der Waals surface area contributed by atoms with Crippen molar-refractivity contribution in [3.63, 3.8) is 0 Å². The Balaban J connectivity index is 1.49. The number of amides is 1. The Hall–Kier alpha value is -2.08. The van der Waals surface area contributed by atoms with Crippen LogP contribution in [0.3, 0.4) is 0 Å². The maximum atomic E-state index is 12.1. The predicted octanol–water partition coefficient (Wildman–Crippen LogP) is 3.83. The summed E-state index contributed by atoms with van der Waals surface area (Å²) in [7, 11) is 0. The summed E-state index contributed by atoms with van der Waals surface area (Å²) in [4.78, 5) is 24.1. The molecule has 0 spiro atoms. The van der Waals surface area contributed by atoms with Crippen LogP contribution in [0.1, 0.15) is 26.2 Å². The molecular formula is C19H24N4OS. The van der Waals surface area contributed by atoms with E-state index in [0.717, 1.165) is 30.6 Å². The summed E-state index contributed by atoms with van der Waals surface area (Å²) in [5.74, 6) is 2.99. The van der Waals surface area contributed by atoms with E-state index in [2.05, 4.69) is 39.2 Å². The second kappa shape index (κ2) is 8.85. The number of rotatable bonds is 6. The predicted molar refractivity (Wildman–Crippen MR) is 103 cm³/mol. The van der Waals surface area contributed by atoms with Gasteiger partial charge in [0, 0.05) is 36.2 Å². The molecule has 5 nitrogen and oxygen atoms in total. The number of hydrogen-bond donors (Lipinski definition) is 1. The molecule has 1 amide bonds. The van der Waals surface area contributed by atoms with Crippen LogP contribution in [-0.4, -0.2) is 34.7 Å². The number of benzene rings is 1. The molecular weight excluding hydrogens is 332 g/mol. The molecule has 1 aromatic heterocycles. The summed E-state index contributed by atoms with van der Waals surface area (Å²) in [5, 5.41) is 2.89.